The first-order valence-corrected chi connectivity index (χ1v) is 8.15. The maximum Gasteiger partial charge on any atom is 0.242 e. The molecule has 0 aliphatic heterocycles. The third-order valence-corrected chi connectivity index (χ3v) is 3.45. The number of para-hydroxylation sites is 1. The number of anilines is 1. The van der Waals surface area contributed by atoms with Crippen LogP contribution in [0.3, 0.4) is 0 Å². The summed E-state index contributed by atoms with van der Waals surface area (Å²) in [6.45, 7) is 2.77. The Hall–Kier alpha value is -1.40. The fraction of sp³-hybridized carbons (Fsp3) is 0.462. The Labute approximate surface area is 114 Å². The maximum absolute atomic E-state index is 12.1. The van der Waals surface area contributed by atoms with Crippen molar-refractivity contribution in [2.45, 2.75) is 13.3 Å². The van der Waals surface area contributed by atoms with E-state index in [9.17, 15) is 13.2 Å². The molecule has 0 saturated heterocycles. The zero-order chi connectivity index (χ0) is 14.5. The van der Waals surface area contributed by atoms with Gasteiger partial charge in [0.1, 0.15) is 5.75 Å². The first-order valence-electron chi connectivity index (χ1n) is 6.09. The average molecular weight is 284 g/mol. The summed E-state index contributed by atoms with van der Waals surface area (Å²) in [5.41, 5.74) is 7.14. The maximum atomic E-state index is 12.1. The van der Waals surface area contributed by atoms with Crippen molar-refractivity contribution in [3.63, 3.8) is 0 Å². The van der Waals surface area contributed by atoms with Gasteiger partial charge in [0.2, 0.25) is 5.91 Å². The van der Waals surface area contributed by atoms with E-state index in [0.717, 1.165) is 17.5 Å². The molecule has 0 aromatic heterocycles. The Morgan fingerprint density at radius 2 is 1.95 bits per heavy atom. The van der Waals surface area contributed by atoms with Gasteiger partial charge in [0.25, 0.3) is 0 Å². The van der Waals surface area contributed by atoms with Crippen LogP contribution in [-0.4, -0.2) is 39.4 Å². The molecule has 0 aliphatic rings. The molecule has 1 amide bonds. The van der Waals surface area contributed by atoms with E-state index in [1.165, 1.54) is 4.90 Å². The molecule has 1 rings (SSSR count). The van der Waals surface area contributed by atoms with Crippen LogP contribution >= 0.6 is 0 Å². The summed E-state index contributed by atoms with van der Waals surface area (Å²) in [4.78, 5) is 13.6. The summed E-state index contributed by atoms with van der Waals surface area (Å²) < 4.78 is 22.5. The van der Waals surface area contributed by atoms with Gasteiger partial charge < -0.3 is 10.6 Å². The normalized spacial score (nSPS) is 11.3. The van der Waals surface area contributed by atoms with Gasteiger partial charge in [0, 0.05) is 18.5 Å². The summed E-state index contributed by atoms with van der Waals surface area (Å²) in [5.74, 6) is -0.892. The molecule has 0 saturated carbocycles. The minimum atomic E-state index is -3.34. The molecule has 2 N–H and O–H groups in total. The van der Waals surface area contributed by atoms with E-state index in [2.05, 4.69) is 0 Å². The number of hydrogen-bond acceptors (Lipinski definition) is 4. The van der Waals surface area contributed by atoms with Crippen LogP contribution in [0.5, 0.6) is 0 Å². The fourth-order valence-corrected chi connectivity index (χ4v) is 2.40. The molecule has 106 valence electrons. The lowest BCUT2D eigenvalue weighted by Crippen LogP contribution is -2.37. The largest absolute Gasteiger partial charge is 0.330 e. The lowest BCUT2D eigenvalue weighted by atomic mass is 10.1. The van der Waals surface area contributed by atoms with Gasteiger partial charge in [-0.15, -0.1) is 0 Å². The second-order valence-electron chi connectivity index (χ2n) is 4.54. The number of benzene rings is 1. The molecule has 1 aromatic rings. The van der Waals surface area contributed by atoms with Crippen molar-refractivity contribution in [3.8, 4) is 0 Å². The van der Waals surface area contributed by atoms with Crippen molar-refractivity contribution in [1.29, 1.82) is 0 Å². The van der Waals surface area contributed by atoms with E-state index >= 15 is 0 Å². The standard InChI is InChI=1S/C13H20N2O3S/c1-11-6-3-4-7-12(11)15(9-5-8-14)13(16)10-19(2,17)18/h3-4,6-7H,5,8-10,14H2,1-2H3. The topological polar surface area (TPSA) is 80.5 Å². The van der Waals surface area contributed by atoms with Gasteiger partial charge in [-0.3, -0.25) is 4.79 Å². The van der Waals surface area contributed by atoms with Gasteiger partial charge in [0.15, 0.2) is 9.84 Å². The second kappa shape index (κ2) is 6.68. The molecule has 0 bridgehead atoms. The van der Waals surface area contributed by atoms with Crippen molar-refractivity contribution in [3.05, 3.63) is 29.8 Å². The number of hydrogen-bond donors (Lipinski definition) is 1. The molecular weight excluding hydrogens is 264 g/mol. The Morgan fingerprint density at radius 3 is 2.47 bits per heavy atom. The molecule has 0 heterocycles. The van der Waals surface area contributed by atoms with Crippen molar-refractivity contribution >= 4 is 21.4 Å². The molecule has 19 heavy (non-hydrogen) atoms. The highest BCUT2D eigenvalue weighted by Crippen LogP contribution is 2.20. The van der Waals surface area contributed by atoms with Crippen molar-refractivity contribution in [2.24, 2.45) is 5.73 Å². The number of sulfone groups is 1. The Balaban J connectivity index is 3.01. The van der Waals surface area contributed by atoms with Crippen LogP contribution < -0.4 is 10.6 Å². The first kappa shape index (κ1) is 15.7. The predicted molar refractivity (Wildman–Crippen MR) is 76.9 cm³/mol. The number of carbonyl (C=O) groups excluding carboxylic acids is 1. The van der Waals surface area contributed by atoms with Gasteiger partial charge >= 0.3 is 0 Å². The van der Waals surface area contributed by atoms with Crippen LogP contribution in [0.15, 0.2) is 24.3 Å². The van der Waals surface area contributed by atoms with E-state index in [0.29, 0.717) is 19.5 Å². The van der Waals surface area contributed by atoms with Gasteiger partial charge in [-0.25, -0.2) is 8.42 Å². The zero-order valence-corrected chi connectivity index (χ0v) is 12.1. The number of carbonyl (C=O) groups is 1. The average Bonchev–Trinajstić information content (AvgIpc) is 2.29. The molecule has 0 aliphatic carbocycles. The van der Waals surface area contributed by atoms with E-state index < -0.39 is 21.5 Å². The first-order chi connectivity index (χ1) is 8.85. The van der Waals surface area contributed by atoms with E-state index in [1.807, 2.05) is 31.2 Å². The fourth-order valence-electron chi connectivity index (χ4n) is 1.80. The molecule has 0 unspecified atom stereocenters. The van der Waals surface area contributed by atoms with Crippen LogP contribution in [0.25, 0.3) is 0 Å². The molecule has 0 radical (unpaired) electrons. The lowest BCUT2D eigenvalue weighted by molar-refractivity contribution is -0.116. The van der Waals surface area contributed by atoms with Crippen LogP contribution in [0, 0.1) is 6.92 Å². The Kier molecular flexibility index (Phi) is 5.50. The number of nitrogens with two attached hydrogens (primary N) is 1. The SMILES string of the molecule is Cc1ccccc1N(CCCN)C(=O)CS(C)(=O)=O. The van der Waals surface area contributed by atoms with Crippen molar-refractivity contribution in [2.75, 3.05) is 30.0 Å². The van der Waals surface area contributed by atoms with E-state index in [-0.39, 0.29) is 0 Å². The number of amides is 1. The quantitative estimate of drug-likeness (QED) is 0.834. The summed E-state index contributed by atoms with van der Waals surface area (Å²) in [6, 6.07) is 7.40. The zero-order valence-electron chi connectivity index (χ0n) is 11.3. The van der Waals surface area contributed by atoms with Crippen LogP contribution in [0.2, 0.25) is 0 Å². The molecule has 0 spiro atoms. The van der Waals surface area contributed by atoms with Gasteiger partial charge in [-0.2, -0.15) is 0 Å². The molecule has 0 fully saturated rings. The lowest BCUT2D eigenvalue weighted by Gasteiger charge is -2.24. The van der Waals surface area contributed by atoms with Crippen LogP contribution in [0.4, 0.5) is 5.69 Å². The Morgan fingerprint density at radius 1 is 1.32 bits per heavy atom. The highest BCUT2D eigenvalue weighted by molar-refractivity contribution is 7.91. The summed E-state index contributed by atoms with van der Waals surface area (Å²) >= 11 is 0. The number of aryl methyl sites for hydroxylation is 1. The molecule has 1 aromatic carbocycles. The highest BCUT2D eigenvalue weighted by Gasteiger charge is 2.20. The summed E-state index contributed by atoms with van der Waals surface area (Å²) in [7, 11) is -3.34. The van der Waals surface area contributed by atoms with Gasteiger partial charge in [0.05, 0.1) is 0 Å². The van der Waals surface area contributed by atoms with Gasteiger partial charge in [-0.1, -0.05) is 18.2 Å². The monoisotopic (exact) mass is 284 g/mol. The molecule has 0 atom stereocenters. The predicted octanol–water partition coefficient (Wildman–Crippen LogP) is 0.721. The third-order valence-electron chi connectivity index (χ3n) is 2.68. The third kappa shape index (κ3) is 5.00. The minimum absolute atomic E-state index is 0.412. The number of rotatable bonds is 6. The minimum Gasteiger partial charge on any atom is -0.330 e. The smallest absolute Gasteiger partial charge is 0.242 e. The molecule has 6 heteroatoms. The molecular formula is C13H20N2O3S. The summed E-state index contributed by atoms with van der Waals surface area (Å²) in [5, 5.41) is 0. The van der Waals surface area contributed by atoms with Crippen molar-refractivity contribution in [1.82, 2.24) is 0 Å². The highest BCUT2D eigenvalue weighted by atomic mass is 32.2. The summed E-state index contributed by atoms with van der Waals surface area (Å²) in [6.07, 6.45) is 1.69. The van der Waals surface area contributed by atoms with Crippen molar-refractivity contribution < 1.29 is 13.2 Å². The van der Waals surface area contributed by atoms with E-state index in [4.69, 9.17) is 5.73 Å². The molecule has 5 nitrogen and oxygen atoms in total. The van der Waals surface area contributed by atoms with Crippen LogP contribution in [0.1, 0.15) is 12.0 Å². The Bertz CT molecular complexity index is 541. The van der Waals surface area contributed by atoms with Gasteiger partial charge in [-0.05, 0) is 31.5 Å². The van der Waals surface area contributed by atoms with Crippen LogP contribution in [-0.2, 0) is 14.6 Å². The number of nitrogens with zero attached hydrogens (tertiary/aromatic N) is 1. The van der Waals surface area contributed by atoms with E-state index in [1.54, 1.807) is 0 Å². The second-order valence-corrected chi connectivity index (χ2v) is 6.68.